The lowest BCUT2D eigenvalue weighted by atomic mass is 9.97. The molecule has 0 spiro atoms. The summed E-state index contributed by atoms with van der Waals surface area (Å²) in [6.07, 6.45) is 0.462. The molecular weight excluding hydrogens is 590 g/mol. The highest BCUT2D eigenvalue weighted by Crippen LogP contribution is 2.22. The molecule has 0 aliphatic carbocycles. The van der Waals surface area contributed by atoms with Gasteiger partial charge < -0.3 is 25.3 Å². The summed E-state index contributed by atoms with van der Waals surface area (Å²) in [7, 11) is 8.04. The normalized spacial score (nSPS) is 12.9. The molecule has 0 heterocycles. The molecule has 4 aromatic carbocycles. The molecule has 0 aliphatic rings. The maximum atomic E-state index is 14.6. The van der Waals surface area contributed by atoms with Crippen LogP contribution in [0.5, 0.6) is 0 Å². The molecule has 0 aliphatic heterocycles. The largest absolute Gasteiger partial charge is 0.347 e. The SMILES string of the molecule is CC(N)c1cccc(C(=O)N(C)[C@H](Cc2ccc3ccccc3c2)C(=O)N(C)C(Cc2ccccc2)C(=O)N(C)CC(=O)N(C)C)c1. The minimum atomic E-state index is -0.938. The van der Waals surface area contributed by atoms with Crippen LogP contribution in [-0.4, -0.2) is 97.1 Å². The monoisotopic (exact) mass is 635 g/mol. The molecule has 0 saturated heterocycles. The van der Waals surface area contributed by atoms with Crippen LogP contribution in [0, 0.1) is 0 Å². The molecule has 4 aromatic rings. The average Bonchev–Trinajstić information content (AvgIpc) is 3.08. The smallest absolute Gasteiger partial charge is 0.254 e. The van der Waals surface area contributed by atoms with Gasteiger partial charge in [-0.15, -0.1) is 0 Å². The van der Waals surface area contributed by atoms with Gasteiger partial charge in [0.2, 0.25) is 17.7 Å². The molecule has 9 nitrogen and oxygen atoms in total. The van der Waals surface area contributed by atoms with Gasteiger partial charge in [0.15, 0.2) is 0 Å². The Hall–Kier alpha value is -5.02. The molecule has 0 fully saturated rings. The Morgan fingerprint density at radius 1 is 0.638 bits per heavy atom. The zero-order valence-electron chi connectivity index (χ0n) is 28.1. The summed E-state index contributed by atoms with van der Waals surface area (Å²) in [5.41, 5.74) is 9.07. The molecule has 2 unspecified atom stereocenters. The van der Waals surface area contributed by atoms with E-state index in [2.05, 4.69) is 0 Å². The summed E-state index contributed by atoms with van der Waals surface area (Å²) >= 11 is 0. The molecule has 9 heteroatoms. The lowest BCUT2D eigenvalue weighted by Gasteiger charge is -2.36. The molecule has 4 rings (SSSR count). The Morgan fingerprint density at radius 3 is 1.91 bits per heavy atom. The van der Waals surface area contributed by atoms with Crippen LogP contribution in [0.1, 0.15) is 40.0 Å². The summed E-state index contributed by atoms with van der Waals surface area (Å²) in [6, 6.07) is 28.4. The Labute approximate surface area is 277 Å². The summed E-state index contributed by atoms with van der Waals surface area (Å²) in [4.78, 5) is 60.7. The predicted molar refractivity (Wildman–Crippen MR) is 186 cm³/mol. The second kappa shape index (κ2) is 15.5. The van der Waals surface area contributed by atoms with E-state index in [0.29, 0.717) is 5.56 Å². The number of nitrogens with zero attached hydrogens (tertiary/aromatic N) is 4. The standard InChI is InChI=1S/C38H45N5O4/c1-26(39)30-17-12-18-32(24-30)36(45)42(5)34(23-28-19-20-29-15-10-11-16-31(29)21-28)38(47)43(6)33(22-27-13-8-7-9-14-27)37(46)41(4)25-35(44)40(2)3/h7-21,24,26,33-34H,22-23,25,39H2,1-6H3/t26?,33?,34-/m1/s1. The first kappa shape index (κ1) is 34.8. The zero-order valence-corrected chi connectivity index (χ0v) is 28.1. The van der Waals surface area contributed by atoms with Crippen molar-refractivity contribution >= 4 is 34.4 Å². The number of rotatable bonds is 12. The zero-order chi connectivity index (χ0) is 34.2. The van der Waals surface area contributed by atoms with Crippen LogP contribution >= 0.6 is 0 Å². The number of hydrogen-bond acceptors (Lipinski definition) is 5. The molecular formula is C38H45N5O4. The molecule has 0 aromatic heterocycles. The van der Waals surface area contributed by atoms with E-state index in [1.54, 1.807) is 53.4 Å². The van der Waals surface area contributed by atoms with E-state index < -0.39 is 12.1 Å². The molecule has 3 atom stereocenters. The lowest BCUT2D eigenvalue weighted by Crippen LogP contribution is -2.56. The molecule has 246 valence electrons. The fourth-order valence-electron chi connectivity index (χ4n) is 5.57. The van der Waals surface area contributed by atoms with E-state index in [1.807, 2.05) is 85.8 Å². The number of benzene rings is 4. The molecule has 0 radical (unpaired) electrons. The van der Waals surface area contributed by atoms with E-state index >= 15 is 0 Å². The van der Waals surface area contributed by atoms with Crippen LogP contribution in [0.15, 0.2) is 97.1 Å². The third kappa shape index (κ3) is 8.62. The molecule has 47 heavy (non-hydrogen) atoms. The first-order valence-electron chi connectivity index (χ1n) is 15.7. The maximum absolute atomic E-state index is 14.6. The van der Waals surface area contributed by atoms with Crippen LogP contribution in [0.4, 0.5) is 0 Å². The second-order valence-corrected chi connectivity index (χ2v) is 12.4. The number of carbonyl (C=O) groups is 4. The third-order valence-electron chi connectivity index (χ3n) is 8.59. The highest BCUT2D eigenvalue weighted by molar-refractivity contribution is 5.99. The van der Waals surface area contributed by atoms with E-state index in [-0.39, 0.29) is 49.1 Å². The number of likely N-dealkylation sites (N-methyl/N-ethyl adjacent to an activating group) is 4. The van der Waals surface area contributed by atoms with Gasteiger partial charge in [-0.05, 0) is 46.5 Å². The minimum Gasteiger partial charge on any atom is -0.347 e. The summed E-state index contributed by atoms with van der Waals surface area (Å²) in [6.45, 7) is 1.72. The highest BCUT2D eigenvalue weighted by Gasteiger charge is 2.37. The van der Waals surface area contributed by atoms with Gasteiger partial charge in [-0.1, -0.05) is 84.9 Å². The Bertz CT molecular complexity index is 1720. The van der Waals surface area contributed by atoms with Crippen molar-refractivity contribution in [1.29, 1.82) is 0 Å². The number of amides is 4. The number of nitrogens with two attached hydrogens (primary N) is 1. The Balaban J connectivity index is 1.72. The van der Waals surface area contributed by atoms with E-state index in [1.165, 1.54) is 19.6 Å². The van der Waals surface area contributed by atoms with Gasteiger partial charge in [0.05, 0.1) is 6.54 Å². The van der Waals surface area contributed by atoms with E-state index in [0.717, 1.165) is 27.5 Å². The van der Waals surface area contributed by atoms with Gasteiger partial charge >= 0.3 is 0 Å². The second-order valence-electron chi connectivity index (χ2n) is 12.4. The van der Waals surface area contributed by atoms with Gasteiger partial charge in [0.1, 0.15) is 12.1 Å². The van der Waals surface area contributed by atoms with E-state index in [4.69, 9.17) is 5.73 Å². The highest BCUT2D eigenvalue weighted by atomic mass is 16.2. The molecule has 0 saturated carbocycles. The number of fused-ring (bicyclic) bond motifs is 1. The van der Waals surface area contributed by atoms with Crippen molar-refractivity contribution in [1.82, 2.24) is 19.6 Å². The van der Waals surface area contributed by atoms with E-state index in [9.17, 15) is 19.2 Å². The fourth-order valence-corrected chi connectivity index (χ4v) is 5.57. The summed E-state index contributed by atoms with van der Waals surface area (Å²) in [5, 5.41) is 2.09. The van der Waals surface area contributed by atoms with Gasteiger partial charge in [-0.2, -0.15) is 0 Å². The van der Waals surface area contributed by atoms with Crippen LogP contribution in [-0.2, 0) is 27.2 Å². The van der Waals surface area contributed by atoms with Crippen molar-refractivity contribution in [2.24, 2.45) is 5.73 Å². The Kier molecular flexibility index (Phi) is 11.5. The fraction of sp³-hybridized carbons (Fsp3) is 0.316. The first-order valence-corrected chi connectivity index (χ1v) is 15.7. The topological polar surface area (TPSA) is 107 Å². The minimum absolute atomic E-state index is 0.131. The van der Waals surface area contributed by atoms with Crippen LogP contribution in [0.2, 0.25) is 0 Å². The van der Waals surface area contributed by atoms with Crippen molar-refractivity contribution in [2.45, 2.75) is 37.9 Å². The maximum Gasteiger partial charge on any atom is 0.254 e. The average molecular weight is 636 g/mol. The van der Waals surface area contributed by atoms with Gasteiger partial charge in [-0.25, -0.2) is 0 Å². The quantitative estimate of drug-likeness (QED) is 0.252. The van der Waals surface area contributed by atoms with Crippen molar-refractivity contribution in [3.8, 4) is 0 Å². The van der Waals surface area contributed by atoms with Crippen LogP contribution in [0.3, 0.4) is 0 Å². The predicted octanol–water partition coefficient (Wildman–Crippen LogP) is 4.16. The van der Waals surface area contributed by atoms with Crippen molar-refractivity contribution in [2.75, 3.05) is 41.8 Å². The summed E-state index contributed by atoms with van der Waals surface area (Å²) < 4.78 is 0. The van der Waals surface area contributed by atoms with Crippen LogP contribution < -0.4 is 5.73 Å². The van der Waals surface area contributed by atoms with Gasteiger partial charge in [-0.3, -0.25) is 19.2 Å². The molecule has 2 N–H and O–H groups in total. The van der Waals surface area contributed by atoms with Crippen molar-refractivity contribution in [3.63, 3.8) is 0 Å². The van der Waals surface area contributed by atoms with Crippen molar-refractivity contribution in [3.05, 3.63) is 119 Å². The number of carbonyl (C=O) groups excluding carboxylic acids is 4. The molecule has 4 amide bonds. The van der Waals surface area contributed by atoms with Crippen molar-refractivity contribution < 1.29 is 19.2 Å². The van der Waals surface area contributed by atoms with Crippen LogP contribution in [0.25, 0.3) is 10.8 Å². The van der Waals surface area contributed by atoms with Gasteiger partial charge in [0.25, 0.3) is 5.91 Å². The first-order chi connectivity index (χ1) is 22.4. The third-order valence-corrected chi connectivity index (χ3v) is 8.59. The van der Waals surface area contributed by atoms with Gasteiger partial charge in [0, 0.05) is 59.7 Å². The summed E-state index contributed by atoms with van der Waals surface area (Å²) in [5.74, 6) is -1.33. The number of hydrogen-bond donors (Lipinski definition) is 1. The lowest BCUT2D eigenvalue weighted by molar-refractivity contribution is -0.147. The molecule has 0 bridgehead atoms. The Morgan fingerprint density at radius 2 is 1.26 bits per heavy atom.